The zero-order chi connectivity index (χ0) is 17.7. The summed E-state index contributed by atoms with van der Waals surface area (Å²) in [6, 6.07) is 12.9. The molecule has 0 spiro atoms. The van der Waals surface area contributed by atoms with Crippen molar-refractivity contribution in [3.05, 3.63) is 64.2 Å². The molecule has 24 heavy (non-hydrogen) atoms. The molecule has 0 aromatic heterocycles. The lowest BCUT2D eigenvalue weighted by atomic mass is 10.1. The monoisotopic (exact) mass is 330 g/mol. The van der Waals surface area contributed by atoms with Crippen LogP contribution < -0.4 is 9.47 Å². The van der Waals surface area contributed by atoms with Crippen molar-refractivity contribution in [2.45, 2.75) is 6.10 Å². The number of methoxy groups -OCH3 is 1. The topological polar surface area (TPSA) is 81.9 Å². The molecule has 0 fully saturated rings. The fraction of sp³-hybridized carbons (Fsp3) is 0.235. The van der Waals surface area contributed by atoms with Crippen molar-refractivity contribution in [1.82, 2.24) is 4.90 Å². The molecule has 0 bridgehead atoms. The molecule has 7 heteroatoms. The summed E-state index contributed by atoms with van der Waals surface area (Å²) in [6.45, 7) is 0. The third-order valence-corrected chi connectivity index (χ3v) is 3.37. The zero-order valence-electron chi connectivity index (χ0n) is 13.6. The van der Waals surface area contributed by atoms with E-state index >= 15 is 0 Å². The Bertz CT molecular complexity index is 731. The van der Waals surface area contributed by atoms with Gasteiger partial charge in [-0.05, 0) is 6.07 Å². The van der Waals surface area contributed by atoms with Gasteiger partial charge in [0, 0.05) is 25.7 Å². The number of nitrogens with zero attached hydrogens (tertiary/aromatic N) is 2. The minimum absolute atomic E-state index is 0.135. The van der Waals surface area contributed by atoms with Crippen LogP contribution in [0.25, 0.3) is 0 Å². The van der Waals surface area contributed by atoms with E-state index in [9.17, 15) is 14.9 Å². The largest absolute Gasteiger partial charge is 0.493 e. The Labute approximate surface area is 139 Å². The van der Waals surface area contributed by atoms with Gasteiger partial charge in [-0.1, -0.05) is 30.3 Å². The second-order valence-corrected chi connectivity index (χ2v) is 5.23. The number of nitro groups is 1. The maximum Gasteiger partial charge on any atom is 0.273 e. The van der Waals surface area contributed by atoms with E-state index < -0.39 is 11.0 Å². The minimum atomic E-state index is -0.933. The molecule has 7 nitrogen and oxygen atoms in total. The molecule has 2 aromatic rings. The first-order valence-corrected chi connectivity index (χ1v) is 7.19. The molecular formula is C17H18N2O5. The lowest BCUT2D eigenvalue weighted by Crippen LogP contribution is -2.31. The summed E-state index contributed by atoms with van der Waals surface area (Å²) in [7, 11) is 4.66. The van der Waals surface area contributed by atoms with Crippen molar-refractivity contribution in [3.63, 3.8) is 0 Å². The average molecular weight is 330 g/mol. The van der Waals surface area contributed by atoms with Crippen LogP contribution >= 0.6 is 0 Å². The second-order valence-electron chi connectivity index (χ2n) is 5.23. The van der Waals surface area contributed by atoms with E-state index in [-0.39, 0.29) is 17.3 Å². The number of amides is 1. The molecule has 0 saturated heterocycles. The molecule has 0 saturated carbocycles. The summed E-state index contributed by atoms with van der Waals surface area (Å²) in [4.78, 5) is 24.4. The SMILES string of the molecule is COc1ccc([N+](=O)[O-])cc1O[C@@H](C(=O)N(C)C)c1ccccc1. The van der Waals surface area contributed by atoms with Gasteiger partial charge < -0.3 is 14.4 Å². The van der Waals surface area contributed by atoms with Gasteiger partial charge in [0.25, 0.3) is 11.6 Å². The van der Waals surface area contributed by atoms with E-state index in [2.05, 4.69) is 0 Å². The van der Waals surface area contributed by atoms with Gasteiger partial charge in [0.05, 0.1) is 18.1 Å². The van der Waals surface area contributed by atoms with Gasteiger partial charge in [-0.25, -0.2) is 0 Å². The van der Waals surface area contributed by atoms with Crippen molar-refractivity contribution >= 4 is 11.6 Å². The van der Waals surface area contributed by atoms with Crippen molar-refractivity contribution in [1.29, 1.82) is 0 Å². The number of hydrogen-bond donors (Lipinski definition) is 0. The third kappa shape index (κ3) is 3.81. The van der Waals surface area contributed by atoms with Crippen molar-refractivity contribution in [2.24, 2.45) is 0 Å². The number of carbonyl (C=O) groups is 1. The maximum atomic E-state index is 12.5. The van der Waals surface area contributed by atoms with Gasteiger partial charge in [-0.3, -0.25) is 14.9 Å². The minimum Gasteiger partial charge on any atom is -0.493 e. The van der Waals surface area contributed by atoms with Crippen LogP contribution in [0.1, 0.15) is 11.7 Å². The van der Waals surface area contributed by atoms with Crippen LogP contribution in [0.15, 0.2) is 48.5 Å². The quantitative estimate of drug-likeness (QED) is 0.601. The van der Waals surface area contributed by atoms with Crippen LogP contribution in [0.5, 0.6) is 11.5 Å². The normalized spacial score (nSPS) is 11.5. The second kappa shape index (κ2) is 7.45. The van der Waals surface area contributed by atoms with E-state index in [4.69, 9.17) is 9.47 Å². The predicted molar refractivity (Wildman–Crippen MR) is 88.2 cm³/mol. The Morgan fingerprint density at radius 3 is 2.33 bits per heavy atom. The van der Waals surface area contributed by atoms with E-state index in [1.54, 1.807) is 38.4 Å². The Morgan fingerprint density at radius 2 is 1.79 bits per heavy atom. The Kier molecular flexibility index (Phi) is 5.36. The van der Waals surface area contributed by atoms with Crippen LogP contribution in [0, 0.1) is 10.1 Å². The summed E-state index contributed by atoms with van der Waals surface area (Å²) in [6.07, 6.45) is -0.933. The number of hydrogen-bond acceptors (Lipinski definition) is 5. The fourth-order valence-corrected chi connectivity index (χ4v) is 2.12. The number of nitro benzene ring substituents is 1. The molecule has 126 valence electrons. The first kappa shape index (κ1) is 17.3. The summed E-state index contributed by atoms with van der Waals surface area (Å²) < 4.78 is 11.0. The summed E-state index contributed by atoms with van der Waals surface area (Å²) in [5.74, 6) is 0.165. The molecule has 0 aliphatic carbocycles. The molecule has 0 unspecified atom stereocenters. The molecule has 2 rings (SSSR count). The molecule has 0 aliphatic heterocycles. The summed E-state index contributed by atoms with van der Waals surface area (Å²) >= 11 is 0. The highest BCUT2D eigenvalue weighted by atomic mass is 16.6. The molecule has 0 aliphatic rings. The molecule has 0 radical (unpaired) electrons. The molecular weight excluding hydrogens is 312 g/mol. The van der Waals surface area contributed by atoms with Crippen molar-refractivity contribution in [2.75, 3.05) is 21.2 Å². The van der Waals surface area contributed by atoms with Crippen LogP contribution in [-0.4, -0.2) is 36.9 Å². The lowest BCUT2D eigenvalue weighted by Gasteiger charge is -2.23. The maximum absolute atomic E-state index is 12.5. The molecule has 1 amide bonds. The van der Waals surface area contributed by atoms with Gasteiger partial charge in [0.1, 0.15) is 0 Å². The predicted octanol–water partition coefficient (Wildman–Crippen LogP) is 2.81. The number of rotatable bonds is 6. The molecule has 1 atom stereocenters. The zero-order valence-corrected chi connectivity index (χ0v) is 13.6. The van der Waals surface area contributed by atoms with E-state index in [1.807, 2.05) is 6.07 Å². The number of likely N-dealkylation sites (N-methyl/N-ethyl adjacent to an activating group) is 1. The van der Waals surface area contributed by atoms with Gasteiger partial charge in [-0.15, -0.1) is 0 Å². The number of benzene rings is 2. The number of non-ortho nitro benzene ring substituents is 1. The van der Waals surface area contributed by atoms with Gasteiger partial charge >= 0.3 is 0 Å². The smallest absolute Gasteiger partial charge is 0.273 e. The van der Waals surface area contributed by atoms with E-state index in [0.717, 1.165) is 0 Å². The highest BCUT2D eigenvalue weighted by Gasteiger charge is 2.26. The Morgan fingerprint density at radius 1 is 1.12 bits per heavy atom. The number of ether oxygens (including phenoxy) is 2. The highest BCUT2D eigenvalue weighted by Crippen LogP contribution is 2.35. The van der Waals surface area contributed by atoms with E-state index in [1.165, 1.54) is 30.2 Å². The van der Waals surface area contributed by atoms with Crippen LogP contribution in [0.3, 0.4) is 0 Å². The lowest BCUT2D eigenvalue weighted by molar-refractivity contribution is -0.385. The Balaban J connectivity index is 2.44. The van der Waals surface area contributed by atoms with Crippen molar-refractivity contribution < 1.29 is 19.2 Å². The van der Waals surface area contributed by atoms with Crippen LogP contribution in [-0.2, 0) is 4.79 Å². The molecule has 0 heterocycles. The van der Waals surface area contributed by atoms with Gasteiger partial charge in [0.15, 0.2) is 11.5 Å². The average Bonchev–Trinajstić information content (AvgIpc) is 2.59. The first-order valence-electron chi connectivity index (χ1n) is 7.19. The van der Waals surface area contributed by atoms with Crippen LogP contribution in [0.4, 0.5) is 5.69 Å². The summed E-state index contributed by atoms with van der Waals surface area (Å²) in [5, 5.41) is 11.0. The number of carbonyl (C=O) groups excluding carboxylic acids is 1. The standard InChI is InChI=1S/C17H18N2O5/c1-18(2)17(20)16(12-7-5-4-6-8-12)24-15-11-13(19(21)22)9-10-14(15)23-3/h4-11,16H,1-3H3/t16-/m1/s1. The van der Waals surface area contributed by atoms with Crippen LogP contribution in [0.2, 0.25) is 0 Å². The molecule has 2 aromatic carbocycles. The fourth-order valence-electron chi connectivity index (χ4n) is 2.12. The van der Waals surface area contributed by atoms with Crippen molar-refractivity contribution in [3.8, 4) is 11.5 Å². The van der Waals surface area contributed by atoms with Gasteiger partial charge in [-0.2, -0.15) is 0 Å². The molecule has 0 N–H and O–H groups in total. The Hall–Kier alpha value is -3.09. The first-order chi connectivity index (χ1) is 11.4. The summed E-state index contributed by atoms with van der Waals surface area (Å²) in [5.41, 5.74) is 0.500. The van der Waals surface area contributed by atoms with E-state index in [0.29, 0.717) is 11.3 Å². The third-order valence-electron chi connectivity index (χ3n) is 3.37. The van der Waals surface area contributed by atoms with Gasteiger partial charge in [0.2, 0.25) is 6.10 Å². The highest BCUT2D eigenvalue weighted by molar-refractivity contribution is 5.82.